The van der Waals surface area contributed by atoms with Crippen LogP contribution in [0.1, 0.15) is 30.9 Å². The third-order valence-corrected chi connectivity index (χ3v) is 7.27. The Morgan fingerprint density at radius 2 is 2.15 bits per heavy atom. The third-order valence-electron chi connectivity index (χ3n) is 5.17. The topological polar surface area (TPSA) is 73.8 Å². The van der Waals surface area contributed by atoms with Crippen LogP contribution in [0, 0.1) is 5.82 Å². The fraction of sp³-hybridized carbons (Fsp3) is 0.611. The molecule has 2 fully saturated rings. The highest BCUT2D eigenvalue weighted by Gasteiger charge is 2.30. The number of benzene rings is 1. The number of aliphatic imine (C=N–C) groups is 1. The van der Waals surface area contributed by atoms with E-state index in [9.17, 15) is 12.8 Å². The molecule has 2 aliphatic rings. The molecule has 0 spiro atoms. The van der Waals surface area contributed by atoms with Gasteiger partial charge in [0.1, 0.15) is 5.82 Å². The van der Waals surface area contributed by atoms with Crippen LogP contribution in [0.3, 0.4) is 0 Å². The van der Waals surface area contributed by atoms with Crippen LogP contribution < -0.4 is 10.6 Å². The molecule has 2 unspecified atom stereocenters. The molecule has 0 aromatic heterocycles. The molecular weight excluding hydrogens is 391 g/mol. The summed E-state index contributed by atoms with van der Waals surface area (Å²) in [7, 11) is -1.33. The highest BCUT2D eigenvalue weighted by molar-refractivity contribution is 7.91. The Kier molecular flexibility index (Phi) is 6.60. The molecule has 1 aromatic rings. The molecule has 0 saturated carbocycles. The molecule has 2 N–H and O–H groups in total. The van der Waals surface area contributed by atoms with Crippen molar-refractivity contribution in [3.8, 4) is 0 Å². The minimum absolute atomic E-state index is 0.113. The van der Waals surface area contributed by atoms with Gasteiger partial charge >= 0.3 is 0 Å². The maximum atomic E-state index is 14.5. The molecular formula is C18H26ClFN4O2S. The van der Waals surface area contributed by atoms with Crippen molar-refractivity contribution in [3.63, 3.8) is 0 Å². The van der Waals surface area contributed by atoms with E-state index in [-0.39, 0.29) is 29.4 Å². The lowest BCUT2D eigenvalue weighted by molar-refractivity contribution is 0.240. The molecule has 9 heteroatoms. The highest BCUT2D eigenvalue weighted by atomic mass is 35.5. The van der Waals surface area contributed by atoms with E-state index in [1.165, 1.54) is 6.07 Å². The van der Waals surface area contributed by atoms with E-state index in [4.69, 9.17) is 11.6 Å². The standard InChI is InChI=1S/C18H26ClFN4O2S/c1-21-18(23-13-7-10-27(25,26)12-13)22-11-16(24-8-2-3-9-24)17-14(19)5-4-6-15(17)20/h4-6,13,16H,2-3,7-12H2,1H3,(H2,21,22,23). The molecule has 0 radical (unpaired) electrons. The Hall–Kier alpha value is -1.38. The van der Waals surface area contributed by atoms with Gasteiger partial charge in [-0.25, -0.2) is 12.8 Å². The van der Waals surface area contributed by atoms with Crippen molar-refractivity contribution < 1.29 is 12.8 Å². The maximum Gasteiger partial charge on any atom is 0.191 e. The Morgan fingerprint density at radius 3 is 2.74 bits per heavy atom. The van der Waals surface area contributed by atoms with E-state index in [2.05, 4.69) is 20.5 Å². The highest BCUT2D eigenvalue weighted by Crippen LogP contribution is 2.31. The first-order chi connectivity index (χ1) is 12.9. The van der Waals surface area contributed by atoms with Gasteiger partial charge in [-0.15, -0.1) is 0 Å². The van der Waals surface area contributed by atoms with Crippen molar-refractivity contribution in [1.29, 1.82) is 0 Å². The quantitative estimate of drug-likeness (QED) is 0.567. The first-order valence-corrected chi connectivity index (χ1v) is 11.4. The van der Waals surface area contributed by atoms with E-state index in [0.717, 1.165) is 25.9 Å². The number of nitrogens with zero attached hydrogens (tertiary/aromatic N) is 2. The molecule has 0 amide bonds. The van der Waals surface area contributed by atoms with Crippen molar-refractivity contribution >= 4 is 27.4 Å². The molecule has 2 heterocycles. The van der Waals surface area contributed by atoms with Crippen LogP contribution in [0.4, 0.5) is 4.39 Å². The van der Waals surface area contributed by atoms with Crippen LogP contribution in [-0.4, -0.2) is 63.5 Å². The van der Waals surface area contributed by atoms with Gasteiger partial charge in [-0.05, 0) is 44.5 Å². The van der Waals surface area contributed by atoms with E-state index in [1.807, 2.05) is 0 Å². The number of guanidine groups is 1. The molecule has 2 atom stereocenters. The minimum Gasteiger partial charge on any atom is -0.354 e. The van der Waals surface area contributed by atoms with Gasteiger partial charge in [-0.3, -0.25) is 9.89 Å². The number of rotatable bonds is 5. The summed E-state index contributed by atoms with van der Waals surface area (Å²) in [6, 6.07) is 4.38. The predicted octanol–water partition coefficient (Wildman–Crippen LogP) is 1.97. The van der Waals surface area contributed by atoms with Crippen LogP contribution in [0.25, 0.3) is 0 Å². The number of hydrogen-bond donors (Lipinski definition) is 2. The van der Waals surface area contributed by atoms with Crippen molar-refractivity contribution in [2.24, 2.45) is 4.99 Å². The summed E-state index contributed by atoms with van der Waals surface area (Å²) in [5, 5.41) is 6.81. The monoisotopic (exact) mass is 416 g/mol. The Bertz CT molecular complexity index is 776. The van der Waals surface area contributed by atoms with Gasteiger partial charge in [-0.1, -0.05) is 17.7 Å². The van der Waals surface area contributed by atoms with Gasteiger partial charge < -0.3 is 10.6 Å². The largest absolute Gasteiger partial charge is 0.354 e. The van der Waals surface area contributed by atoms with Gasteiger partial charge in [0.25, 0.3) is 0 Å². The summed E-state index contributed by atoms with van der Waals surface area (Å²) in [4.78, 5) is 6.42. The van der Waals surface area contributed by atoms with Crippen molar-refractivity contribution in [1.82, 2.24) is 15.5 Å². The van der Waals surface area contributed by atoms with E-state index < -0.39 is 9.84 Å². The summed E-state index contributed by atoms with van der Waals surface area (Å²) >= 11 is 6.31. The summed E-state index contributed by atoms with van der Waals surface area (Å²) in [5.74, 6) is 0.519. The summed E-state index contributed by atoms with van der Waals surface area (Å²) in [6.07, 6.45) is 2.72. The lowest BCUT2D eigenvalue weighted by atomic mass is 10.0. The van der Waals surface area contributed by atoms with Crippen molar-refractivity contribution in [3.05, 3.63) is 34.6 Å². The van der Waals surface area contributed by atoms with E-state index >= 15 is 0 Å². The molecule has 3 rings (SSSR count). The number of likely N-dealkylation sites (tertiary alicyclic amines) is 1. The SMILES string of the molecule is CN=C(NCC(c1c(F)cccc1Cl)N1CCCC1)NC1CCS(=O)(=O)C1. The van der Waals surface area contributed by atoms with Crippen molar-refractivity contribution in [2.75, 3.05) is 38.2 Å². The second-order valence-electron chi connectivity index (χ2n) is 7.09. The fourth-order valence-electron chi connectivity index (χ4n) is 3.79. The lowest BCUT2D eigenvalue weighted by Gasteiger charge is -2.30. The zero-order chi connectivity index (χ0) is 19.4. The molecule has 27 heavy (non-hydrogen) atoms. The average molecular weight is 417 g/mol. The first-order valence-electron chi connectivity index (χ1n) is 9.25. The van der Waals surface area contributed by atoms with Gasteiger partial charge in [-0.2, -0.15) is 0 Å². The Morgan fingerprint density at radius 1 is 1.41 bits per heavy atom. The fourth-order valence-corrected chi connectivity index (χ4v) is 5.75. The Labute approximate surface area is 165 Å². The number of nitrogens with one attached hydrogen (secondary N) is 2. The van der Waals surface area contributed by atoms with Crippen LogP contribution in [0.5, 0.6) is 0 Å². The lowest BCUT2D eigenvalue weighted by Crippen LogP contribution is -2.47. The molecule has 1 aromatic carbocycles. The molecule has 2 saturated heterocycles. The van der Waals surface area contributed by atoms with E-state index in [1.54, 1.807) is 19.2 Å². The number of sulfone groups is 1. The van der Waals surface area contributed by atoms with Gasteiger partial charge in [0, 0.05) is 30.2 Å². The number of halogens is 2. The summed E-state index contributed by atoms with van der Waals surface area (Å²) in [5.41, 5.74) is 0.493. The third kappa shape index (κ3) is 5.12. The van der Waals surface area contributed by atoms with Crippen LogP contribution in [0.15, 0.2) is 23.2 Å². The van der Waals surface area contributed by atoms with Crippen LogP contribution >= 0.6 is 11.6 Å². The zero-order valence-electron chi connectivity index (χ0n) is 15.4. The molecule has 2 aliphatic heterocycles. The van der Waals surface area contributed by atoms with E-state index in [0.29, 0.717) is 29.5 Å². The van der Waals surface area contributed by atoms with Crippen LogP contribution in [0.2, 0.25) is 5.02 Å². The van der Waals surface area contributed by atoms with Gasteiger partial charge in [0.2, 0.25) is 0 Å². The van der Waals surface area contributed by atoms with Crippen LogP contribution in [-0.2, 0) is 9.84 Å². The smallest absolute Gasteiger partial charge is 0.191 e. The molecule has 0 aliphatic carbocycles. The maximum absolute atomic E-state index is 14.5. The zero-order valence-corrected chi connectivity index (χ0v) is 17.0. The predicted molar refractivity (Wildman–Crippen MR) is 107 cm³/mol. The average Bonchev–Trinajstić information content (AvgIpc) is 3.25. The molecule has 0 bridgehead atoms. The first kappa shape index (κ1) is 20.4. The summed E-state index contributed by atoms with van der Waals surface area (Å²) < 4.78 is 37.8. The second-order valence-corrected chi connectivity index (χ2v) is 9.73. The van der Waals surface area contributed by atoms with Crippen molar-refractivity contribution in [2.45, 2.75) is 31.3 Å². The number of hydrogen-bond acceptors (Lipinski definition) is 4. The van der Waals surface area contributed by atoms with Gasteiger partial charge in [0.15, 0.2) is 15.8 Å². The molecule has 6 nitrogen and oxygen atoms in total. The Balaban J connectivity index is 1.70. The molecule has 150 valence electrons. The second kappa shape index (κ2) is 8.75. The van der Waals surface area contributed by atoms with Gasteiger partial charge in [0.05, 0.1) is 17.5 Å². The minimum atomic E-state index is -2.97. The summed E-state index contributed by atoms with van der Waals surface area (Å²) in [6.45, 7) is 2.22. The normalized spacial score (nSPS) is 24.1.